The van der Waals surface area contributed by atoms with Crippen LogP contribution >= 0.6 is 0 Å². The van der Waals surface area contributed by atoms with Gasteiger partial charge in [0.1, 0.15) is 0 Å². The van der Waals surface area contributed by atoms with Gasteiger partial charge in [0.15, 0.2) is 5.84 Å². The zero-order valence-electron chi connectivity index (χ0n) is 13.5. The SMILES string of the molecule is CC(C)CC(CN(C)C)NCc1ccc(C(N)=NO)cc1. The maximum absolute atomic E-state index is 8.65. The predicted molar refractivity (Wildman–Crippen MR) is 87.6 cm³/mol. The van der Waals surface area contributed by atoms with Gasteiger partial charge < -0.3 is 21.2 Å². The number of likely N-dealkylation sites (N-methyl/N-ethyl adjacent to an activating group) is 1. The van der Waals surface area contributed by atoms with E-state index >= 15 is 0 Å². The molecule has 5 heteroatoms. The standard InChI is InChI=1S/C16H28N4O/c1-12(2)9-15(11-20(3)4)18-10-13-5-7-14(8-6-13)16(17)19-21/h5-8,12,15,18,21H,9-11H2,1-4H3,(H2,17,19). The molecule has 0 saturated heterocycles. The Hall–Kier alpha value is -1.59. The molecule has 118 valence electrons. The minimum absolute atomic E-state index is 0.139. The quantitative estimate of drug-likeness (QED) is 0.296. The van der Waals surface area contributed by atoms with Gasteiger partial charge in [0, 0.05) is 24.7 Å². The number of oxime groups is 1. The van der Waals surface area contributed by atoms with Gasteiger partial charge in [-0.05, 0) is 32.0 Å². The Morgan fingerprint density at radius 3 is 2.38 bits per heavy atom. The Bertz CT molecular complexity index is 430. The summed E-state index contributed by atoms with van der Waals surface area (Å²) in [5, 5.41) is 15.3. The van der Waals surface area contributed by atoms with Gasteiger partial charge in [0.2, 0.25) is 0 Å². The van der Waals surface area contributed by atoms with E-state index in [2.05, 4.69) is 43.3 Å². The maximum Gasteiger partial charge on any atom is 0.170 e. The minimum Gasteiger partial charge on any atom is -0.409 e. The lowest BCUT2D eigenvalue weighted by Gasteiger charge is -2.24. The molecule has 0 heterocycles. The highest BCUT2D eigenvalue weighted by atomic mass is 16.4. The second kappa shape index (κ2) is 8.64. The molecule has 1 aromatic carbocycles. The molecule has 0 aliphatic heterocycles. The number of benzene rings is 1. The van der Waals surface area contributed by atoms with Gasteiger partial charge in [0.25, 0.3) is 0 Å². The summed E-state index contributed by atoms with van der Waals surface area (Å²) in [6, 6.07) is 8.22. The summed E-state index contributed by atoms with van der Waals surface area (Å²) in [4.78, 5) is 2.21. The minimum atomic E-state index is 0.139. The Labute approximate surface area is 127 Å². The van der Waals surface area contributed by atoms with Crippen LogP contribution in [0.3, 0.4) is 0 Å². The van der Waals surface area contributed by atoms with Crippen LogP contribution in [0.5, 0.6) is 0 Å². The van der Waals surface area contributed by atoms with Crippen LogP contribution in [-0.2, 0) is 6.54 Å². The lowest BCUT2D eigenvalue weighted by molar-refractivity contribution is 0.305. The first kappa shape index (κ1) is 17.5. The van der Waals surface area contributed by atoms with E-state index in [-0.39, 0.29) is 5.84 Å². The predicted octanol–water partition coefficient (Wildman–Crippen LogP) is 1.85. The molecule has 0 spiro atoms. The van der Waals surface area contributed by atoms with E-state index in [1.54, 1.807) is 0 Å². The third-order valence-electron chi connectivity index (χ3n) is 3.29. The van der Waals surface area contributed by atoms with Crippen molar-refractivity contribution in [2.45, 2.75) is 32.9 Å². The van der Waals surface area contributed by atoms with Gasteiger partial charge in [-0.2, -0.15) is 0 Å². The van der Waals surface area contributed by atoms with Gasteiger partial charge in [0.05, 0.1) is 0 Å². The Balaban J connectivity index is 2.58. The van der Waals surface area contributed by atoms with Crippen molar-refractivity contribution in [1.82, 2.24) is 10.2 Å². The summed E-state index contributed by atoms with van der Waals surface area (Å²) in [7, 11) is 4.20. The molecule has 1 unspecified atom stereocenters. The summed E-state index contributed by atoms with van der Waals surface area (Å²) < 4.78 is 0. The molecule has 1 atom stereocenters. The number of rotatable bonds is 8. The first-order valence-electron chi connectivity index (χ1n) is 7.37. The van der Waals surface area contributed by atoms with Gasteiger partial charge in [-0.3, -0.25) is 0 Å². The molecule has 0 amide bonds. The average Bonchev–Trinajstić information content (AvgIpc) is 2.43. The summed E-state index contributed by atoms with van der Waals surface area (Å²) in [6.07, 6.45) is 1.15. The summed E-state index contributed by atoms with van der Waals surface area (Å²) in [6.45, 7) is 6.34. The molecular formula is C16H28N4O. The second-order valence-corrected chi connectivity index (χ2v) is 6.15. The van der Waals surface area contributed by atoms with Crippen LogP contribution in [0.15, 0.2) is 29.4 Å². The average molecular weight is 292 g/mol. The summed E-state index contributed by atoms with van der Waals surface area (Å²) in [5.74, 6) is 0.810. The van der Waals surface area contributed by atoms with Crippen molar-refractivity contribution in [3.63, 3.8) is 0 Å². The van der Waals surface area contributed by atoms with Gasteiger partial charge in [-0.25, -0.2) is 0 Å². The van der Waals surface area contributed by atoms with Gasteiger partial charge in [-0.1, -0.05) is 43.3 Å². The van der Waals surface area contributed by atoms with E-state index in [9.17, 15) is 0 Å². The second-order valence-electron chi connectivity index (χ2n) is 6.15. The highest BCUT2D eigenvalue weighted by molar-refractivity contribution is 5.96. The third kappa shape index (κ3) is 6.60. The molecule has 0 aliphatic carbocycles. The summed E-state index contributed by atoms with van der Waals surface area (Å²) in [5.41, 5.74) is 7.48. The fourth-order valence-corrected chi connectivity index (χ4v) is 2.35. The molecule has 0 aliphatic rings. The topological polar surface area (TPSA) is 73.9 Å². The fourth-order valence-electron chi connectivity index (χ4n) is 2.35. The molecule has 0 aromatic heterocycles. The monoisotopic (exact) mass is 292 g/mol. The van der Waals surface area contributed by atoms with E-state index in [0.29, 0.717) is 12.0 Å². The smallest absolute Gasteiger partial charge is 0.170 e. The number of nitrogens with one attached hydrogen (secondary N) is 1. The highest BCUT2D eigenvalue weighted by Crippen LogP contribution is 2.08. The molecule has 0 fully saturated rings. The van der Waals surface area contributed by atoms with Crippen LogP contribution in [0.2, 0.25) is 0 Å². The van der Waals surface area contributed by atoms with Crippen LogP contribution in [0.4, 0.5) is 0 Å². The number of nitrogens with two attached hydrogens (primary N) is 1. The highest BCUT2D eigenvalue weighted by Gasteiger charge is 2.11. The van der Waals surface area contributed by atoms with Crippen molar-refractivity contribution in [2.24, 2.45) is 16.8 Å². The first-order chi connectivity index (χ1) is 9.92. The molecule has 4 N–H and O–H groups in total. The molecule has 1 aromatic rings. The lowest BCUT2D eigenvalue weighted by atomic mass is 10.0. The number of nitrogens with zero attached hydrogens (tertiary/aromatic N) is 2. The van der Waals surface area contributed by atoms with E-state index in [1.807, 2.05) is 24.3 Å². The van der Waals surface area contributed by atoms with Crippen molar-refractivity contribution < 1.29 is 5.21 Å². The van der Waals surface area contributed by atoms with Crippen LogP contribution in [0.1, 0.15) is 31.4 Å². The number of amidine groups is 1. The summed E-state index contributed by atoms with van der Waals surface area (Å²) >= 11 is 0. The fraction of sp³-hybridized carbons (Fsp3) is 0.562. The Kier molecular flexibility index (Phi) is 7.19. The third-order valence-corrected chi connectivity index (χ3v) is 3.29. The number of hydrogen-bond acceptors (Lipinski definition) is 4. The Morgan fingerprint density at radius 1 is 1.29 bits per heavy atom. The van der Waals surface area contributed by atoms with E-state index in [1.165, 1.54) is 5.56 Å². The largest absolute Gasteiger partial charge is 0.409 e. The van der Waals surface area contributed by atoms with Gasteiger partial charge in [-0.15, -0.1) is 0 Å². The first-order valence-corrected chi connectivity index (χ1v) is 7.37. The molecule has 5 nitrogen and oxygen atoms in total. The van der Waals surface area contributed by atoms with Gasteiger partial charge >= 0.3 is 0 Å². The van der Waals surface area contributed by atoms with Crippen molar-refractivity contribution in [2.75, 3.05) is 20.6 Å². The zero-order chi connectivity index (χ0) is 15.8. The zero-order valence-corrected chi connectivity index (χ0v) is 13.5. The maximum atomic E-state index is 8.65. The molecule has 0 bridgehead atoms. The van der Waals surface area contributed by atoms with Crippen LogP contribution < -0.4 is 11.1 Å². The van der Waals surface area contributed by atoms with E-state index in [0.717, 1.165) is 25.1 Å². The van der Waals surface area contributed by atoms with Crippen LogP contribution in [0, 0.1) is 5.92 Å². The van der Waals surface area contributed by atoms with Crippen molar-refractivity contribution in [3.05, 3.63) is 35.4 Å². The molecular weight excluding hydrogens is 264 g/mol. The van der Waals surface area contributed by atoms with Crippen LogP contribution in [0.25, 0.3) is 0 Å². The molecule has 21 heavy (non-hydrogen) atoms. The van der Waals surface area contributed by atoms with Crippen molar-refractivity contribution >= 4 is 5.84 Å². The van der Waals surface area contributed by atoms with E-state index < -0.39 is 0 Å². The Morgan fingerprint density at radius 2 is 1.90 bits per heavy atom. The van der Waals surface area contributed by atoms with Crippen molar-refractivity contribution in [1.29, 1.82) is 0 Å². The lowest BCUT2D eigenvalue weighted by Crippen LogP contribution is -2.38. The van der Waals surface area contributed by atoms with Crippen LogP contribution in [-0.4, -0.2) is 42.6 Å². The molecule has 0 saturated carbocycles. The molecule has 0 radical (unpaired) electrons. The molecule has 1 rings (SSSR count). The number of hydrogen-bond donors (Lipinski definition) is 3. The van der Waals surface area contributed by atoms with Crippen molar-refractivity contribution in [3.8, 4) is 0 Å². The van der Waals surface area contributed by atoms with E-state index in [4.69, 9.17) is 10.9 Å². The normalized spacial score (nSPS) is 13.9.